The molecule has 3 heteroatoms. The van der Waals surface area contributed by atoms with Gasteiger partial charge in [-0.2, -0.15) is 0 Å². The maximum Gasteiger partial charge on any atom is 0.167 e. The highest BCUT2D eigenvalue weighted by Crippen LogP contribution is 2.27. The standard InChI is InChI=1S/C15H17NOS/c17-15(11-5-3-1-2-4-6-11)12-9-14-13(16-10-12)7-8-18-14/h7-11H,1-6H2. The molecule has 0 radical (unpaired) electrons. The molecule has 18 heavy (non-hydrogen) atoms. The van der Waals surface area contributed by atoms with Crippen LogP contribution in [0, 0.1) is 5.92 Å². The highest BCUT2D eigenvalue weighted by Gasteiger charge is 2.21. The van der Waals surface area contributed by atoms with Crippen molar-refractivity contribution in [1.29, 1.82) is 0 Å². The van der Waals surface area contributed by atoms with Gasteiger partial charge in [0.15, 0.2) is 5.78 Å². The van der Waals surface area contributed by atoms with Crippen molar-refractivity contribution in [3.8, 4) is 0 Å². The number of pyridine rings is 1. The summed E-state index contributed by atoms with van der Waals surface area (Å²) in [4.78, 5) is 16.9. The van der Waals surface area contributed by atoms with Crippen molar-refractivity contribution in [2.45, 2.75) is 38.5 Å². The summed E-state index contributed by atoms with van der Waals surface area (Å²) in [5.41, 5.74) is 1.80. The first kappa shape index (κ1) is 11.8. The van der Waals surface area contributed by atoms with Gasteiger partial charge in [0, 0.05) is 17.7 Å². The molecule has 2 aromatic heterocycles. The molecule has 0 bridgehead atoms. The predicted molar refractivity (Wildman–Crippen MR) is 75.1 cm³/mol. The average molecular weight is 259 g/mol. The molecule has 0 atom stereocenters. The lowest BCUT2D eigenvalue weighted by Crippen LogP contribution is -2.14. The van der Waals surface area contributed by atoms with Crippen LogP contribution in [0.4, 0.5) is 0 Å². The van der Waals surface area contributed by atoms with Gasteiger partial charge in [-0.1, -0.05) is 25.7 Å². The Morgan fingerprint density at radius 2 is 2.00 bits per heavy atom. The normalized spacial score (nSPS) is 17.8. The Labute approximate surface area is 111 Å². The van der Waals surface area contributed by atoms with Crippen molar-refractivity contribution in [2.75, 3.05) is 0 Å². The third kappa shape index (κ3) is 2.32. The Morgan fingerprint density at radius 1 is 1.22 bits per heavy atom. The first-order valence-electron chi connectivity index (χ1n) is 6.72. The van der Waals surface area contributed by atoms with E-state index in [0.29, 0.717) is 5.78 Å². The lowest BCUT2D eigenvalue weighted by atomic mass is 9.92. The van der Waals surface area contributed by atoms with Crippen LogP contribution in [0.5, 0.6) is 0 Å². The van der Waals surface area contributed by atoms with Crippen LogP contribution in [0.25, 0.3) is 10.2 Å². The van der Waals surface area contributed by atoms with Crippen molar-refractivity contribution in [3.05, 3.63) is 29.3 Å². The summed E-state index contributed by atoms with van der Waals surface area (Å²) in [6, 6.07) is 4.01. The van der Waals surface area contributed by atoms with Crippen LogP contribution in [0.15, 0.2) is 23.7 Å². The van der Waals surface area contributed by atoms with Crippen LogP contribution in [0.3, 0.4) is 0 Å². The summed E-state index contributed by atoms with van der Waals surface area (Å²) in [5, 5.41) is 2.03. The second kappa shape index (κ2) is 5.19. The molecule has 1 aliphatic rings. The number of aromatic nitrogens is 1. The summed E-state index contributed by atoms with van der Waals surface area (Å²) in [6.45, 7) is 0. The smallest absolute Gasteiger partial charge is 0.167 e. The molecule has 0 N–H and O–H groups in total. The van der Waals surface area contributed by atoms with Gasteiger partial charge in [-0.25, -0.2) is 0 Å². The molecule has 94 valence electrons. The fraction of sp³-hybridized carbons (Fsp3) is 0.467. The van der Waals surface area contributed by atoms with Crippen LogP contribution in [-0.4, -0.2) is 10.8 Å². The molecule has 0 saturated heterocycles. The molecule has 0 unspecified atom stereocenters. The first-order valence-corrected chi connectivity index (χ1v) is 7.60. The number of Topliss-reactive ketones (excluding diaryl/α,β-unsaturated/α-hetero) is 1. The number of ketones is 1. The largest absolute Gasteiger partial charge is 0.294 e. The summed E-state index contributed by atoms with van der Waals surface area (Å²) in [5.74, 6) is 0.534. The molecule has 1 fully saturated rings. The monoisotopic (exact) mass is 259 g/mol. The van der Waals surface area contributed by atoms with Crippen LogP contribution in [-0.2, 0) is 0 Å². The van der Waals surface area contributed by atoms with Crippen molar-refractivity contribution in [3.63, 3.8) is 0 Å². The fourth-order valence-corrected chi connectivity index (χ4v) is 3.54. The molecular formula is C15H17NOS. The van der Waals surface area contributed by atoms with Gasteiger partial charge < -0.3 is 0 Å². The van der Waals surface area contributed by atoms with E-state index in [-0.39, 0.29) is 5.92 Å². The number of hydrogen-bond donors (Lipinski definition) is 0. The van der Waals surface area contributed by atoms with Crippen LogP contribution in [0.2, 0.25) is 0 Å². The van der Waals surface area contributed by atoms with E-state index in [2.05, 4.69) is 4.98 Å². The van der Waals surface area contributed by atoms with E-state index in [1.165, 1.54) is 25.7 Å². The van der Waals surface area contributed by atoms with Crippen LogP contribution >= 0.6 is 11.3 Å². The lowest BCUT2D eigenvalue weighted by Gasteiger charge is -2.12. The molecule has 0 spiro atoms. The second-order valence-corrected chi connectivity index (χ2v) is 6.03. The Morgan fingerprint density at radius 3 is 2.78 bits per heavy atom. The van der Waals surface area contributed by atoms with Gasteiger partial charge in [-0.05, 0) is 30.4 Å². The molecule has 1 saturated carbocycles. The highest BCUT2D eigenvalue weighted by atomic mass is 32.1. The summed E-state index contributed by atoms with van der Waals surface area (Å²) in [7, 11) is 0. The number of hydrogen-bond acceptors (Lipinski definition) is 3. The molecule has 2 heterocycles. The summed E-state index contributed by atoms with van der Waals surface area (Å²) >= 11 is 1.65. The van der Waals surface area contributed by atoms with Gasteiger partial charge >= 0.3 is 0 Å². The number of nitrogens with zero attached hydrogens (tertiary/aromatic N) is 1. The molecule has 1 aliphatic carbocycles. The van der Waals surface area contributed by atoms with Gasteiger partial charge in [-0.3, -0.25) is 9.78 Å². The average Bonchev–Trinajstić information content (AvgIpc) is 2.69. The predicted octanol–water partition coefficient (Wildman–Crippen LogP) is 4.45. The SMILES string of the molecule is O=C(c1cnc2ccsc2c1)C1CCCCCC1. The lowest BCUT2D eigenvalue weighted by molar-refractivity contribution is 0.0907. The summed E-state index contributed by atoms with van der Waals surface area (Å²) < 4.78 is 1.12. The van der Waals surface area contributed by atoms with E-state index in [1.807, 2.05) is 17.5 Å². The Balaban J connectivity index is 1.85. The topological polar surface area (TPSA) is 30.0 Å². The molecule has 0 aromatic carbocycles. The van der Waals surface area contributed by atoms with Crippen LogP contribution in [0.1, 0.15) is 48.9 Å². The Kier molecular flexibility index (Phi) is 3.41. The number of carbonyl (C=O) groups excluding carboxylic acids is 1. The molecule has 3 rings (SSSR count). The zero-order chi connectivity index (χ0) is 12.4. The fourth-order valence-electron chi connectivity index (χ4n) is 2.76. The minimum Gasteiger partial charge on any atom is -0.294 e. The first-order chi connectivity index (χ1) is 8.84. The highest BCUT2D eigenvalue weighted by molar-refractivity contribution is 7.17. The van der Waals surface area contributed by atoms with Gasteiger partial charge in [0.2, 0.25) is 0 Å². The van der Waals surface area contributed by atoms with E-state index in [4.69, 9.17) is 0 Å². The van der Waals surface area contributed by atoms with Crippen molar-refractivity contribution in [2.24, 2.45) is 5.92 Å². The molecule has 0 aliphatic heterocycles. The maximum absolute atomic E-state index is 12.5. The van der Waals surface area contributed by atoms with Crippen molar-refractivity contribution >= 4 is 27.3 Å². The van der Waals surface area contributed by atoms with Gasteiger partial charge in [0.25, 0.3) is 0 Å². The van der Waals surface area contributed by atoms with E-state index in [9.17, 15) is 4.79 Å². The van der Waals surface area contributed by atoms with Gasteiger partial charge in [-0.15, -0.1) is 11.3 Å². The Bertz CT molecular complexity index is 552. The molecule has 2 aromatic rings. The zero-order valence-electron chi connectivity index (χ0n) is 10.4. The van der Waals surface area contributed by atoms with Gasteiger partial charge in [0.05, 0.1) is 10.2 Å². The third-order valence-corrected chi connectivity index (χ3v) is 4.67. The Hall–Kier alpha value is -1.22. The van der Waals surface area contributed by atoms with Crippen LogP contribution < -0.4 is 0 Å². The number of thiophene rings is 1. The number of fused-ring (bicyclic) bond motifs is 1. The van der Waals surface area contributed by atoms with Gasteiger partial charge in [0.1, 0.15) is 0 Å². The van der Waals surface area contributed by atoms with Crippen molar-refractivity contribution < 1.29 is 4.79 Å². The molecular weight excluding hydrogens is 242 g/mol. The summed E-state index contributed by atoms with van der Waals surface area (Å²) in [6.07, 6.45) is 8.83. The van der Waals surface area contributed by atoms with Crippen molar-refractivity contribution in [1.82, 2.24) is 4.98 Å². The third-order valence-electron chi connectivity index (χ3n) is 3.81. The molecule has 0 amide bonds. The minimum absolute atomic E-state index is 0.228. The van der Waals surface area contributed by atoms with E-state index < -0.39 is 0 Å². The number of carbonyl (C=O) groups is 1. The minimum atomic E-state index is 0.228. The maximum atomic E-state index is 12.5. The van der Waals surface area contributed by atoms with E-state index >= 15 is 0 Å². The van der Waals surface area contributed by atoms with E-state index in [1.54, 1.807) is 17.5 Å². The second-order valence-electron chi connectivity index (χ2n) is 5.08. The molecule has 2 nitrogen and oxygen atoms in total. The zero-order valence-corrected chi connectivity index (χ0v) is 11.2. The quantitative estimate of drug-likeness (QED) is 0.589. The number of rotatable bonds is 2. The van der Waals surface area contributed by atoms with E-state index in [0.717, 1.165) is 28.6 Å².